The Balaban J connectivity index is 0. The fourth-order valence-corrected chi connectivity index (χ4v) is 0.309. The zero-order chi connectivity index (χ0) is 11.8. The average molecular weight is 216 g/mol. The van der Waals surface area contributed by atoms with Crippen molar-refractivity contribution in [3.05, 3.63) is 0 Å². The molecule has 0 fully saturated rings. The molecule has 7 heteroatoms. The first kappa shape index (κ1) is 15.6. The summed E-state index contributed by atoms with van der Waals surface area (Å²) in [6.45, 7) is 1.27. The van der Waals surface area contributed by atoms with Crippen molar-refractivity contribution in [3.8, 4) is 0 Å². The van der Waals surface area contributed by atoms with Crippen LogP contribution in [0.2, 0.25) is 0 Å². The van der Waals surface area contributed by atoms with Gasteiger partial charge >= 0.3 is 6.18 Å². The molecule has 0 aliphatic rings. The van der Waals surface area contributed by atoms with E-state index < -0.39 is 18.8 Å². The smallest absolute Gasteiger partial charge is 0.382 e. The highest BCUT2D eigenvalue weighted by molar-refractivity contribution is 5.73. The first-order chi connectivity index (χ1) is 6.25. The number of hydrogen-bond donors (Lipinski definition) is 3. The third kappa shape index (κ3) is 11.2. The number of halogens is 3. The van der Waals surface area contributed by atoms with E-state index in [1.165, 1.54) is 7.05 Å². The van der Waals surface area contributed by atoms with Crippen molar-refractivity contribution in [1.29, 1.82) is 0 Å². The van der Waals surface area contributed by atoms with Gasteiger partial charge in [-0.3, -0.25) is 4.79 Å². The van der Waals surface area contributed by atoms with E-state index in [1.54, 1.807) is 6.92 Å². The molecule has 0 aromatic carbocycles. The van der Waals surface area contributed by atoms with Crippen molar-refractivity contribution in [2.24, 2.45) is 5.73 Å². The van der Waals surface area contributed by atoms with Crippen molar-refractivity contribution < 1.29 is 23.1 Å². The van der Waals surface area contributed by atoms with Gasteiger partial charge in [0.15, 0.2) is 6.10 Å². The van der Waals surface area contributed by atoms with Crippen LogP contribution in [0.1, 0.15) is 13.3 Å². The summed E-state index contributed by atoms with van der Waals surface area (Å²) in [4.78, 5) is 9.59. The molecule has 0 saturated carbocycles. The molecule has 1 atom stereocenters. The first-order valence-electron chi connectivity index (χ1n) is 3.93. The van der Waals surface area contributed by atoms with E-state index in [0.717, 1.165) is 0 Å². The maximum atomic E-state index is 11.3. The number of primary amides is 1. The topological polar surface area (TPSA) is 75.4 Å². The van der Waals surface area contributed by atoms with Crippen LogP contribution in [-0.2, 0) is 4.79 Å². The summed E-state index contributed by atoms with van der Waals surface area (Å²) in [6, 6.07) is 0. The largest absolute Gasteiger partial charge is 0.415 e. The van der Waals surface area contributed by atoms with Gasteiger partial charge in [-0.2, -0.15) is 13.2 Å². The summed E-state index contributed by atoms with van der Waals surface area (Å²) in [5, 5.41) is 10.4. The summed E-state index contributed by atoms with van der Waals surface area (Å²) in [6.07, 6.45) is -6.30. The highest BCUT2D eigenvalue weighted by atomic mass is 19.4. The fraction of sp³-hybridized carbons (Fsp3) is 0.857. The van der Waals surface area contributed by atoms with E-state index in [9.17, 15) is 18.0 Å². The molecule has 0 heterocycles. The highest BCUT2D eigenvalue weighted by Gasteiger charge is 2.37. The standard InChI is InChI=1S/C4H8F3NO.C3H7NO/c1-8-2-3(9)4(5,6)7;1-2-3(4)5/h3,8-9H,2H2,1H3;2H2,1H3,(H2,4,5). The molecule has 0 aliphatic carbocycles. The van der Waals surface area contributed by atoms with Crippen molar-refractivity contribution >= 4 is 5.91 Å². The van der Waals surface area contributed by atoms with Crippen molar-refractivity contribution in [1.82, 2.24) is 5.32 Å². The maximum absolute atomic E-state index is 11.3. The second-order valence-corrected chi connectivity index (χ2v) is 2.43. The molecule has 4 N–H and O–H groups in total. The van der Waals surface area contributed by atoms with E-state index in [-0.39, 0.29) is 5.91 Å². The Kier molecular flexibility index (Phi) is 8.46. The van der Waals surface area contributed by atoms with Crippen LogP contribution in [0.4, 0.5) is 13.2 Å². The second kappa shape index (κ2) is 7.57. The van der Waals surface area contributed by atoms with Crippen molar-refractivity contribution in [2.45, 2.75) is 25.6 Å². The number of alkyl halides is 3. The van der Waals surface area contributed by atoms with Gasteiger partial charge in [0.1, 0.15) is 0 Å². The van der Waals surface area contributed by atoms with Gasteiger partial charge in [0.05, 0.1) is 0 Å². The minimum absolute atomic E-state index is 0.245. The lowest BCUT2D eigenvalue weighted by Crippen LogP contribution is -2.36. The normalized spacial score (nSPS) is 12.7. The molecule has 0 bridgehead atoms. The lowest BCUT2D eigenvalue weighted by molar-refractivity contribution is -0.201. The van der Waals surface area contributed by atoms with E-state index in [1.807, 2.05) is 0 Å². The summed E-state index contributed by atoms with van der Waals surface area (Å²) in [5.41, 5.74) is 4.65. The van der Waals surface area contributed by atoms with Crippen LogP contribution in [0, 0.1) is 0 Å². The molecule has 0 aromatic rings. The molecule has 1 amide bonds. The molecule has 0 saturated heterocycles. The molecule has 14 heavy (non-hydrogen) atoms. The molecular weight excluding hydrogens is 201 g/mol. The van der Waals surface area contributed by atoms with E-state index in [2.05, 4.69) is 11.1 Å². The SMILES string of the molecule is CCC(N)=O.CNCC(O)C(F)(F)F. The number of nitrogens with one attached hydrogen (secondary N) is 1. The zero-order valence-electron chi connectivity index (χ0n) is 8.06. The Morgan fingerprint density at radius 1 is 1.57 bits per heavy atom. The molecule has 0 aromatic heterocycles. The number of nitrogens with two attached hydrogens (primary N) is 1. The van der Waals surface area contributed by atoms with Crippen molar-refractivity contribution in [2.75, 3.05) is 13.6 Å². The van der Waals surface area contributed by atoms with Gasteiger partial charge in [-0.1, -0.05) is 6.92 Å². The van der Waals surface area contributed by atoms with Crippen LogP contribution < -0.4 is 11.1 Å². The van der Waals surface area contributed by atoms with Gasteiger partial charge in [0.25, 0.3) is 0 Å². The third-order valence-electron chi connectivity index (χ3n) is 1.12. The minimum atomic E-state index is -4.50. The van der Waals surface area contributed by atoms with Crippen LogP contribution in [0.5, 0.6) is 0 Å². The van der Waals surface area contributed by atoms with Crippen molar-refractivity contribution in [3.63, 3.8) is 0 Å². The monoisotopic (exact) mass is 216 g/mol. The Morgan fingerprint density at radius 2 is 1.93 bits per heavy atom. The minimum Gasteiger partial charge on any atom is -0.382 e. The maximum Gasteiger partial charge on any atom is 0.415 e. The molecule has 0 spiro atoms. The second-order valence-electron chi connectivity index (χ2n) is 2.43. The number of hydrogen-bond acceptors (Lipinski definition) is 3. The first-order valence-corrected chi connectivity index (χ1v) is 3.93. The van der Waals surface area contributed by atoms with Gasteiger partial charge in [0, 0.05) is 13.0 Å². The van der Waals surface area contributed by atoms with E-state index in [0.29, 0.717) is 6.42 Å². The summed E-state index contributed by atoms with van der Waals surface area (Å²) < 4.78 is 34.0. The van der Waals surface area contributed by atoms with E-state index in [4.69, 9.17) is 5.11 Å². The van der Waals surface area contributed by atoms with Crippen LogP contribution in [0.25, 0.3) is 0 Å². The number of aliphatic hydroxyl groups is 1. The highest BCUT2D eigenvalue weighted by Crippen LogP contribution is 2.18. The van der Waals surface area contributed by atoms with Gasteiger partial charge < -0.3 is 16.2 Å². The lowest BCUT2D eigenvalue weighted by Gasteiger charge is -2.12. The Bertz CT molecular complexity index is 162. The van der Waals surface area contributed by atoms with Crippen LogP contribution in [-0.4, -0.2) is 36.9 Å². The number of rotatable bonds is 3. The zero-order valence-corrected chi connectivity index (χ0v) is 8.06. The number of likely N-dealkylation sites (N-methyl/N-ethyl adjacent to an activating group) is 1. The lowest BCUT2D eigenvalue weighted by atomic mass is 10.3. The van der Waals surface area contributed by atoms with Gasteiger partial charge in [-0.05, 0) is 7.05 Å². The molecule has 0 radical (unpaired) electrons. The van der Waals surface area contributed by atoms with Gasteiger partial charge in [0.2, 0.25) is 5.91 Å². The predicted molar refractivity (Wildman–Crippen MR) is 45.5 cm³/mol. The molecular formula is C7H15F3N2O2. The van der Waals surface area contributed by atoms with Crippen LogP contribution in [0.3, 0.4) is 0 Å². The molecule has 0 rings (SSSR count). The third-order valence-corrected chi connectivity index (χ3v) is 1.12. The number of carbonyl (C=O) groups excluding carboxylic acids is 1. The number of carbonyl (C=O) groups is 1. The van der Waals surface area contributed by atoms with E-state index >= 15 is 0 Å². The van der Waals surface area contributed by atoms with Crippen LogP contribution >= 0.6 is 0 Å². The Morgan fingerprint density at radius 3 is 2.00 bits per heavy atom. The number of aliphatic hydroxyl groups excluding tert-OH is 1. The number of amides is 1. The fourth-order valence-electron chi connectivity index (χ4n) is 0.309. The summed E-state index contributed by atoms with van der Waals surface area (Å²) in [7, 11) is 1.34. The summed E-state index contributed by atoms with van der Waals surface area (Å²) in [5.74, 6) is -0.245. The molecule has 4 nitrogen and oxygen atoms in total. The van der Waals surface area contributed by atoms with Crippen LogP contribution in [0.15, 0.2) is 0 Å². The molecule has 86 valence electrons. The predicted octanol–water partition coefficient (Wildman–Crippen LogP) is 0.0107. The van der Waals surface area contributed by atoms with Gasteiger partial charge in [-0.15, -0.1) is 0 Å². The summed E-state index contributed by atoms with van der Waals surface area (Å²) >= 11 is 0. The average Bonchev–Trinajstić information content (AvgIpc) is 2.04. The molecule has 0 aliphatic heterocycles. The van der Waals surface area contributed by atoms with Gasteiger partial charge in [-0.25, -0.2) is 0 Å². The Labute approximate surface area is 80.3 Å². The molecule has 1 unspecified atom stereocenters. The quantitative estimate of drug-likeness (QED) is 0.622. The Hall–Kier alpha value is -0.820.